The molecule has 3 nitrogen and oxygen atoms in total. The summed E-state index contributed by atoms with van der Waals surface area (Å²) in [4.78, 5) is 13.7. The molecule has 2 N–H and O–H groups in total. The fourth-order valence-corrected chi connectivity index (χ4v) is 2.50. The molecule has 0 bridgehead atoms. The molecule has 1 saturated heterocycles. The minimum atomic E-state index is 0.0609. The standard InChI is InChI=1S/C14H20N2O/c1-10-5-6-12(8-11(10)2)13-4-3-7-16(13)14(17)9-15/h5-6,8,13H,3-4,7,9,15H2,1-2H3. The lowest BCUT2D eigenvalue weighted by molar-refractivity contribution is -0.130. The van der Waals surface area contributed by atoms with Crippen molar-refractivity contribution in [2.75, 3.05) is 13.1 Å². The minimum absolute atomic E-state index is 0.0609. The van der Waals surface area contributed by atoms with Crippen molar-refractivity contribution in [1.29, 1.82) is 0 Å². The number of rotatable bonds is 2. The van der Waals surface area contributed by atoms with Gasteiger partial charge in [-0.15, -0.1) is 0 Å². The van der Waals surface area contributed by atoms with Crippen molar-refractivity contribution in [2.24, 2.45) is 5.73 Å². The number of nitrogens with two attached hydrogens (primary N) is 1. The zero-order valence-electron chi connectivity index (χ0n) is 10.6. The number of benzene rings is 1. The maximum absolute atomic E-state index is 11.8. The zero-order chi connectivity index (χ0) is 12.4. The maximum atomic E-state index is 11.8. The van der Waals surface area contributed by atoms with E-state index in [-0.39, 0.29) is 18.5 Å². The number of aryl methyl sites for hydroxylation is 2. The second-order valence-corrected chi connectivity index (χ2v) is 4.79. The summed E-state index contributed by atoms with van der Waals surface area (Å²) in [6.07, 6.45) is 2.12. The van der Waals surface area contributed by atoms with Crippen LogP contribution in [0.4, 0.5) is 0 Å². The summed E-state index contributed by atoms with van der Waals surface area (Å²) in [6.45, 7) is 5.18. The Kier molecular flexibility index (Phi) is 3.48. The van der Waals surface area contributed by atoms with Gasteiger partial charge in [0.2, 0.25) is 5.91 Å². The third-order valence-corrected chi connectivity index (χ3v) is 3.66. The second-order valence-electron chi connectivity index (χ2n) is 4.79. The van der Waals surface area contributed by atoms with Gasteiger partial charge in [-0.1, -0.05) is 18.2 Å². The fourth-order valence-electron chi connectivity index (χ4n) is 2.50. The van der Waals surface area contributed by atoms with Gasteiger partial charge in [-0.05, 0) is 43.4 Å². The molecule has 0 aromatic heterocycles. The first-order valence-electron chi connectivity index (χ1n) is 6.20. The van der Waals surface area contributed by atoms with E-state index in [2.05, 4.69) is 32.0 Å². The Bertz CT molecular complexity index is 428. The summed E-state index contributed by atoms with van der Waals surface area (Å²) in [7, 11) is 0. The summed E-state index contributed by atoms with van der Waals surface area (Å²) >= 11 is 0. The number of likely N-dealkylation sites (tertiary alicyclic amines) is 1. The number of hydrogen-bond acceptors (Lipinski definition) is 2. The van der Waals surface area contributed by atoms with Crippen LogP contribution < -0.4 is 5.73 Å². The average Bonchev–Trinajstić information content (AvgIpc) is 2.80. The molecule has 0 radical (unpaired) electrons. The van der Waals surface area contributed by atoms with Crippen molar-refractivity contribution in [3.05, 3.63) is 34.9 Å². The predicted molar refractivity (Wildman–Crippen MR) is 68.7 cm³/mol. The van der Waals surface area contributed by atoms with E-state index in [9.17, 15) is 4.79 Å². The Labute approximate surface area is 103 Å². The highest BCUT2D eigenvalue weighted by atomic mass is 16.2. The van der Waals surface area contributed by atoms with Gasteiger partial charge in [0, 0.05) is 6.54 Å². The predicted octanol–water partition coefficient (Wildman–Crippen LogP) is 1.93. The number of carbonyl (C=O) groups is 1. The molecule has 1 amide bonds. The van der Waals surface area contributed by atoms with Crippen LogP contribution in [0.2, 0.25) is 0 Å². The molecule has 1 heterocycles. The van der Waals surface area contributed by atoms with E-state index in [1.165, 1.54) is 16.7 Å². The second kappa shape index (κ2) is 4.88. The quantitative estimate of drug-likeness (QED) is 0.847. The molecule has 1 aliphatic rings. The first kappa shape index (κ1) is 12.1. The van der Waals surface area contributed by atoms with Crippen molar-refractivity contribution < 1.29 is 4.79 Å². The highest BCUT2D eigenvalue weighted by Crippen LogP contribution is 2.32. The smallest absolute Gasteiger partial charge is 0.236 e. The number of nitrogens with zero attached hydrogens (tertiary/aromatic N) is 1. The van der Waals surface area contributed by atoms with Gasteiger partial charge < -0.3 is 10.6 Å². The number of amides is 1. The Morgan fingerprint density at radius 1 is 1.41 bits per heavy atom. The molecule has 17 heavy (non-hydrogen) atoms. The number of carbonyl (C=O) groups excluding carboxylic acids is 1. The summed E-state index contributed by atoms with van der Waals surface area (Å²) in [5, 5.41) is 0. The maximum Gasteiger partial charge on any atom is 0.236 e. The van der Waals surface area contributed by atoms with E-state index in [0.717, 1.165) is 19.4 Å². The van der Waals surface area contributed by atoms with Crippen LogP contribution in [-0.4, -0.2) is 23.9 Å². The Morgan fingerprint density at radius 3 is 2.82 bits per heavy atom. The van der Waals surface area contributed by atoms with Gasteiger partial charge in [-0.25, -0.2) is 0 Å². The summed E-state index contributed by atoms with van der Waals surface area (Å²) in [5.41, 5.74) is 9.28. The molecule has 1 atom stereocenters. The lowest BCUT2D eigenvalue weighted by atomic mass is 9.99. The van der Waals surface area contributed by atoms with Crippen LogP contribution in [0.1, 0.15) is 35.6 Å². The highest BCUT2D eigenvalue weighted by Gasteiger charge is 2.29. The lowest BCUT2D eigenvalue weighted by Gasteiger charge is -2.25. The first-order valence-corrected chi connectivity index (χ1v) is 6.20. The van der Waals surface area contributed by atoms with Crippen molar-refractivity contribution in [1.82, 2.24) is 4.90 Å². The van der Waals surface area contributed by atoms with E-state index >= 15 is 0 Å². The molecule has 1 aromatic rings. The van der Waals surface area contributed by atoms with E-state index in [4.69, 9.17) is 5.73 Å². The molecule has 0 saturated carbocycles. The topological polar surface area (TPSA) is 46.3 Å². The third-order valence-electron chi connectivity index (χ3n) is 3.66. The normalized spacial score (nSPS) is 19.7. The van der Waals surface area contributed by atoms with E-state index in [0.29, 0.717) is 0 Å². The molecule has 92 valence electrons. The molecule has 1 fully saturated rings. The van der Waals surface area contributed by atoms with Gasteiger partial charge in [0.05, 0.1) is 12.6 Å². The monoisotopic (exact) mass is 232 g/mol. The molecule has 2 rings (SSSR count). The molecule has 3 heteroatoms. The molecule has 1 unspecified atom stereocenters. The van der Waals surface area contributed by atoms with E-state index < -0.39 is 0 Å². The molecule has 1 aromatic carbocycles. The number of hydrogen-bond donors (Lipinski definition) is 1. The van der Waals surface area contributed by atoms with Gasteiger partial charge in [0.25, 0.3) is 0 Å². The molecule has 0 spiro atoms. The van der Waals surface area contributed by atoms with Crippen LogP contribution in [0.3, 0.4) is 0 Å². The molecule has 0 aliphatic carbocycles. The molecular formula is C14H20N2O. The summed E-state index contributed by atoms with van der Waals surface area (Å²) < 4.78 is 0. The summed E-state index contributed by atoms with van der Waals surface area (Å²) in [5.74, 6) is 0.0609. The highest BCUT2D eigenvalue weighted by molar-refractivity contribution is 5.78. The van der Waals surface area contributed by atoms with Crippen molar-refractivity contribution in [3.8, 4) is 0 Å². The minimum Gasteiger partial charge on any atom is -0.335 e. The summed E-state index contributed by atoms with van der Waals surface area (Å²) in [6, 6.07) is 6.69. The van der Waals surface area contributed by atoms with Crippen molar-refractivity contribution in [3.63, 3.8) is 0 Å². The van der Waals surface area contributed by atoms with Crippen LogP contribution >= 0.6 is 0 Å². The third kappa shape index (κ3) is 2.34. The van der Waals surface area contributed by atoms with Crippen LogP contribution in [-0.2, 0) is 4.79 Å². The Hall–Kier alpha value is -1.35. The largest absolute Gasteiger partial charge is 0.335 e. The van der Waals surface area contributed by atoms with Gasteiger partial charge in [-0.2, -0.15) is 0 Å². The SMILES string of the molecule is Cc1ccc(C2CCCN2C(=O)CN)cc1C. The van der Waals surface area contributed by atoms with Gasteiger partial charge in [0.15, 0.2) is 0 Å². The van der Waals surface area contributed by atoms with E-state index in [1.807, 2.05) is 4.90 Å². The molecule has 1 aliphatic heterocycles. The first-order chi connectivity index (χ1) is 8.13. The van der Waals surface area contributed by atoms with Gasteiger partial charge in [-0.3, -0.25) is 4.79 Å². The molecular weight excluding hydrogens is 212 g/mol. The van der Waals surface area contributed by atoms with Crippen LogP contribution in [0, 0.1) is 13.8 Å². The lowest BCUT2D eigenvalue weighted by Crippen LogP contribution is -2.35. The van der Waals surface area contributed by atoms with Crippen LogP contribution in [0.25, 0.3) is 0 Å². The Morgan fingerprint density at radius 2 is 2.18 bits per heavy atom. The Balaban J connectivity index is 2.26. The van der Waals surface area contributed by atoms with Gasteiger partial charge in [0.1, 0.15) is 0 Å². The average molecular weight is 232 g/mol. The van der Waals surface area contributed by atoms with Crippen molar-refractivity contribution >= 4 is 5.91 Å². The van der Waals surface area contributed by atoms with E-state index in [1.54, 1.807) is 0 Å². The fraction of sp³-hybridized carbons (Fsp3) is 0.500. The van der Waals surface area contributed by atoms with Crippen LogP contribution in [0.5, 0.6) is 0 Å². The van der Waals surface area contributed by atoms with Crippen molar-refractivity contribution in [2.45, 2.75) is 32.7 Å². The zero-order valence-corrected chi connectivity index (χ0v) is 10.6. The van der Waals surface area contributed by atoms with Gasteiger partial charge >= 0.3 is 0 Å². The van der Waals surface area contributed by atoms with Crippen LogP contribution in [0.15, 0.2) is 18.2 Å².